The fourth-order valence-corrected chi connectivity index (χ4v) is 6.40. The van der Waals surface area contributed by atoms with Crippen LogP contribution in [-0.2, 0) is 0 Å². The fraction of sp³-hybridized carbons (Fsp3) is 0.550. The van der Waals surface area contributed by atoms with E-state index >= 15 is 0 Å². The van der Waals surface area contributed by atoms with E-state index in [9.17, 15) is 0 Å². The summed E-state index contributed by atoms with van der Waals surface area (Å²) >= 11 is 7.58. The summed E-state index contributed by atoms with van der Waals surface area (Å²) in [5.74, 6) is 3.16. The van der Waals surface area contributed by atoms with Crippen LogP contribution in [0.1, 0.15) is 32.1 Å². The normalized spacial score (nSPS) is 27.7. The molecule has 1 saturated heterocycles. The highest BCUT2D eigenvalue weighted by Gasteiger charge is 2.55. The molecule has 2 aromatic rings. The first-order valence-electron chi connectivity index (χ1n) is 10.2. The molecule has 5 rings (SSSR count). The van der Waals surface area contributed by atoms with Crippen molar-refractivity contribution in [2.75, 3.05) is 29.5 Å². The Bertz CT molecular complexity index is 931. The highest BCUT2D eigenvalue weighted by Crippen LogP contribution is 2.58. The number of halogens is 1. The Labute approximate surface area is 179 Å². The second-order valence-electron chi connectivity index (χ2n) is 8.61. The Hall–Kier alpha value is -1.77. The second-order valence-corrected chi connectivity index (χ2v) is 10.0. The third-order valence-corrected chi connectivity index (χ3v) is 8.81. The molecule has 2 saturated carbocycles. The van der Waals surface area contributed by atoms with E-state index < -0.39 is 0 Å². The van der Waals surface area contributed by atoms with Gasteiger partial charge in [0.25, 0.3) is 0 Å². The SMILES string of the molecule is Nc1nc(N2CCC3(CC2)CC2CCC2[C@H]3N)cnc1Sc1ccnc(N)c1Cl. The molecule has 0 amide bonds. The molecule has 3 fully saturated rings. The second kappa shape index (κ2) is 7.18. The van der Waals surface area contributed by atoms with Crippen molar-refractivity contribution >= 4 is 40.8 Å². The lowest BCUT2D eigenvalue weighted by atomic mass is 9.72. The molecule has 2 unspecified atom stereocenters. The Balaban J connectivity index is 1.28. The Morgan fingerprint density at radius 1 is 1.14 bits per heavy atom. The van der Waals surface area contributed by atoms with Crippen LogP contribution in [0.15, 0.2) is 28.4 Å². The average Bonchev–Trinajstić information content (AvgIpc) is 2.87. The van der Waals surface area contributed by atoms with Gasteiger partial charge >= 0.3 is 0 Å². The molecule has 2 aliphatic carbocycles. The third kappa shape index (κ3) is 3.21. The minimum Gasteiger partial charge on any atom is -0.382 e. The van der Waals surface area contributed by atoms with Crippen molar-refractivity contribution in [3.8, 4) is 0 Å². The number of nitrogens with two attached hydrogens (primary N) is 3. The van der Waals surface area contributed by atoms with Crippen molar-refractivity contribution in [3.05, 3.63) is 23.5 Å². The third-order valence-electron chi connectivity index (χ3n) is 7.24. The molecule has 3 aliphatic rings. The first-order chi connectivity index (χ1) is 14.0. The van der Waals surface area contributed by atoms with Crippen LogP contribution in [-0.4, -0.2) is 34.1 Å². The number of rotatable bonds is 3. The first-order valence-corrected chi connectivity index (χ1v) is 11.4. The van der Waals surface area contributed by atoms with E-state index in [1.165, 1.54) is 31.0 Å². The maximum atomic E-state index is 6.66. The number of piperidine rings is 1. The summed E-state index contributed by atoms with van der Waals surface area (Å²) in [6.07, 6.45) is 9.68. The standard InChI is InChI=1S/C20H26ClN7S/c21-15-13(3-6-25-17(15)23)29-19-18(24)27-14(10-26-19)28-7-4-20(5-8-28)9-11-1-2-12(11)16(20)22/h3,6,10-12,16H,1-2,4-5,7-9,22H2,(H2,23,25)(H2,24,27)/t11?,12?,16-/m1/s1. The summed E-state index contributed by atoms with van der Waals surface area (Å²) < 4.78 is 0. The molecule has 9 heteroatoms. The van der Waals surface area contributed by atoms with Crippen LogP contribution >= 0.6 is 23.4 Å². The van der Waals surface area contributed by atoms with Gasteiger partial charge in [-0.2, -0.15) is 0 Å². The number of aromatic nitrogens is 3. The largest absolute Gasteiger partial charge is 0.382 e. The molecule has 0 radical (unpaired) electrons. The minimum absolute atomic E-state index is 0.292. The molecule has 0 aromatic carbocycles. The van der Waals surface area contributed by atoms with Crippen molar-refractivity contribution in [1.29, 1.82) is 0 Å². The van der Waals surface area contributed by atoms with Gasteiger partial charge in [-0.3, -0.25) is 0 Å². The molecule has 1 aliphatic heterocycles. The zero-order valence-electron chi connectivity index (χ0n) is 16.2. The summed E-state index contributed by atoms with van der Waals surface area (Å²) in [6, 6.07) is 2.16. The molecule has 7 nitrogen and oxygen atoms in total. The van der Waals surface area contributed by atoms with Gasteiger partial charge in [0.1, 0.15) is 16.7 Å². The van der Waals surface area contributed by atoms with Gasteiger partial charge < -0.3 is 22.1 Å². The maximum absolute atomic E-state index is 6.66. The molecule has 3 heterocycles. The Morgan fingerprint density at radius 3 is 2.55 bits per heavy atom. The molecular formula is C20H26ClN7S. The highest BCUT2D eigenvalue weighted by atomic mass is 35.5. The van der Waals surface area contributed by atoms with E-state index in [1.54, 1.807) is 18.5 Å². The topological polar surface area (TPSA) is 120 Å². The number of fused-ring (bicyclic) bond motifs is 1. The lowest BCUT2D eigenvalue weighted by Gasteiger charge is -2.43. The summed E-state index contributed by atoms with van der Waals surface area (Å²) in [5.41, 5.74) is 19.0. The number of hydrogen-bond acceptors (Lipinski definition) is 8. The quantitative estimate of drug-likeness (QED) is 0.677. The van der Waals surface area contributed by atoms with Gasteiger partial charge in [-0.15, -0.1) is 0 Å². The van der Waals surface area contributed by atoms with E-state index in [0.29, 0.717) is 33.1 Å². The number of pyridine rings is 1. The molecule has 3 atom stereocenters. The Morgan fingerprint density at radius 2 is 1.93 bits per heavy atom. The number of nitrogen functional groups attached to an aromatic ring is 2. The molecule has 154 valence electrons. The van der Waals surface area contributed by atoms with Gasteiger partial charge in [0.2, 0.25) is 0 Å². The van der Waals surface area contributed by atoms with E-state index in [4.69, 9.17) is 28.8 Å². The number of anilines is 3. The minimum atomic E-state index is 0.292. The van der Waals surface area contributed by atoms with Crippen molar-refractivity contribution in [1.82, 2.24) is 15.0 Å². The van der Waals surface area contributed by atoms with Gasteiger partial charge in [-0.1, -0.05) is 23.4 Å². The smallest absolute Gasteiger partial charge is 0.158 e. The lowest BCUT2D eigenvalue weighted by molar-refractivity contribution is 0.176. The van der Waals surface area contributed by atoms with Gasteiger partial charge in [-0.25, -0.2) is 15.0 Å². The number of nitrogens with zero attached hydrogens (tertiary/aromatic N) is 4. The van der Waals surface area contributed by atoms with E-state index in [0.717, 1.165) is 48.5 Å². The monoisotopic (exact) mass is 431 g/mol. The van der Waals surface area contributed by atoms with Crippen molar-refractivity contribution in [2.45, 2.75) is 48.1 Å². The maximum Gasteiger partial charge on any atom is 0.158 e. The van der Waals surface area contributed by atoms with E-state index in [1.807, 2.05) is 0 Å². The van der Waals surface area contributed by atoms with Crippen LogP contribution in [0.5, 0.6) is 0 Å². The predicted molar refractivity (Wildman–Crippen MR) is 117 cm³/mol. The summed E-state index contributed by atoms with van der Waals surface area (Å²) in [7, 11) is 0. The summed E-state index contributed by atoms with van der Waals surface area (Å²) in [4.78, 5) is 16.2. The van der Waals surface area contributed by atoms with Gasteiger partial charge in [0, 0.05) is 30.2 Å². The van der Waals surface area contributed by atoms with Crippen molar-refractivity contribution in [2.24, 2.45) is 23.0 Å². The molecule has 2 aromatic heterocycles. The van der Waals surface area contributed by atoms with Crippen molar-refractivity contribution < 1.29 is 0 Å². The highest BCUT2D eigenvalue weighted by molar-refractivity contribution is 7.99. The van der Waals surface area contributed by atoms with Gasteiger partial charge in [-0.05, 0) is 55.4 Å². The molecule has 6 N–H and O–H groups in total. The van der Waals surface area contributed by atoms with Gasteiger partial charge in [0.15, 0.2) is 5.82 Å². The van der Waals surface area contributed by atoms with Crippen LogP contribution in [0.3, 0.4) is 0 Å². The first kappa shape index (κ1) is 19.2. The van der Waals surface area contributed by atoms with Crippen LogP contribution < -0.4 is 22.1 Å². The van der Waals surface area contributed by atoms with Gasteiger partial charge in [0.05, 0.1) is 11.2 Å². The van der Waals surface area contributed by atoms with Crippen LogP contribution in [0.2, 0.25) is 5.02 Å². The van der Waals surface area contributed by atoms with Crippen molar-refractivity contribution in [3.63, 3.8) is 0 Å². The zero-order valence-corrected chi connectivity index (χ0v) is 17.8. The van der Waals surface area contributed by atoms with Crippen LogP contribution in [0.25, 0.3) is 0 Å². The fourth-order valence-electron chi connectivity index (χ4n) is 5.39. The number of hydrogen-bond donors (Lipinski definition) is 3. The Kier molecular flexibility index (Phi) is 4.75. The van der Waals surface area contributed by atoms with Crippen LogP contribution in [0.4, 0.5) is 17.5 Å². The molecule has 1 spiro atoms. The van der Waals surface area contributed by atoms with E-state index in [2.05, 4.69) is 19.9 Å². The summed E-state index contributed by atoms with van der Waals surface area (Å²) in [5, 5.41) is 1.02. The molecule has 29 heavy (non-hydrogen) atoms. The average molecular weight is 432 g/mol. The lowest BCUT2D eigenvalue weighted by Crippen LogP contribution is -2.49. The molecule has 0 bridgehead atoms. The van der Waals surface area contributed by atoms with Crippen LogP contribution in [0, 0.1) is 17.3 Å². The predicted octanol–water partition coefficient (Wildman–Crippen LogP) is 3.18. The zero-order chi connectivity index (χ0) is 20.2. The van der Waals surface area contributed by atoms with E-state index in [-0.39, 0.29) is 0 Å². The summed E-state index contributed by atoms with van der Waals surface area (Å²) in [6.45, 7) is 1.92. The molecular weight excluding hydrogens is 406 g/mol.